The van der Waals surface area contributed by atoms with Gasteiger partial charge in [0.25, 0.3) is 0 Å². The molecule has 1 aliphatic heterocycles. The molecule has 0 spiro atoms. The molecule has 1 aliphatic rings. The summed E-state index contributed by atoms with van der Waals surface area (Å²) in [6.07, 6.45) is 0.887. The number of likely N-dealkylation sites (N-methyl/N-ethyl adjacent to an activating group) is 1. The number of benzene rings is 1. The lowest BCUT2D eigenvalue weighted by molar-refractivity contribution is -0.119. The van der Waals surface area contributed by atoms with Crippen molar-refractivity contribution in [1.29, 1.82) is 0 Å². The number of rotatable bonds is 5. The quantitative estimate of drug-likeness (QED) is 0.911. The summed E-state index contributed by atoms with van der Waals surface area (Å²) in [6.45, 7) is 6.40. The van der Waals surface area contributed by atoms with E-state index in [4.69, 9.17) is 4.74 Å². The van der Waals surface area contributed by atoms with Crippen LogP contribution in [0.4, 0.5) is 5.69 Å². The molecule has 0 unspecified atom stereocenters. The van der Waals surface area contributed by atoms with Gasteiger partial charge in [-0.1, -0.05) is 12.1 Å². The highest BCUT2D eigenvalue weighted by Gasteiger charge is 2.24. The predicted molar refractivity (Wildman–Crippen MR) is 93.6 cm³/mol. The van der Waals surface area contributed by atoms with Gasteiger partial charge >= 0.3 is 0 Å². The second-order valence-electron chi connectivity index (χ2n) is 6.26. The van der Waals surface area contributed by atoms with E-state index in [-0.39, 0.29) is 5.91 Å². The topological polar surface area (TPSA) is 61.5 Å². The van der Waals surface area contributed by atoms with Gasteiger partial charge in [0.1, 0.15) is 12.4 Å². The Morgan fingerprint density at radius 3 is 2.92 bits per heavy atom. The third kappa shape index (κ3) is 3.43. The second-order valence-corrected chi connectivity index (χ2v) is 6.26. The molecule has 2 aromatic rings. The Kier molecular flexibility index (Phi) is 4.85. The van der Waals surface area contributed by atoms with Gasteiger partial charge < -0.3 is 9.64 Å². The van der Waals surface area contributed by atoms with Crippen molar-refractivity contribution in [2.45, 2.75) is 20.3 Å². The largest absolute Gasteiger partial charge is 0.490 e. The van der Waals surface area contributed by atoms with Crippen LogP contribution in [-0.2, 0) is 11.2 Å². The van der Waals surface area contributed by atoms with Crippen LogP contribution in [0.3, 0.4) is 0 Å². The molecule has 0 saturated carbocycles. The number of nitrogens with zero attached hydrogens (tertiary/aromatic N) is 3. The van der Waals surface area contributed by atoms with Crippen molar-refractivity contribution in [2.75, 3.05) is 38.2 Å². The number of aromatic nitrogens is 2. The van der Waals surface area contributed by atoms with E-state index in [0.717, 1.165) is 35.8 Å². The van der Waals surface area contributed by atoms with Crippen molar-refractivity contribution in [2.24, 2.45) is 0 Å². The van der Waals surface area contributed by atoms with Gasteiger partial charge in [-0.05, 0) is 45.0 Å². The molecule has 0 aliphatic carbocycles. The summed E-state index contributed by atoms with van der Waals surface area (Å²) in [4.78, 5) is 16.6. The molecule has 24 heavy (non-hydrogen) atoms. The first-order chi connectivity index (χ1) is 11.6. The Bertz CT molecular complexity index is 706. The van der Waals surface area contributed by atoms with Crippen LogP contribution in [0.25, 0.3) is 0 Å². The van der Waals surface area contributed by atoms with Crippen LogP contribution in [0, 0.1) is 13.8 Å². The number of carbonyl (C=O) groups is 1. The Labute approximate surface area is 142 Å². The monoisotopic (exact) mass is 328 g/mol. The smallest absolute Gasteiger partial charge is 0.241 e. The maximum Gasteiger partial charge on any atom is 0.241 e. The zero-order chi connectivity index (χ0) is 17.1. The van der Waals surface area contributed by atoms with Crippen molar-refractivity contribution in [3.05, 3.63) is 41.2 Å². The molecular formula is C18H24N4O2. The fourth-order valence-corrected chi connectivity index (χ4v) is 3.07. The van der Waals surface area contributed by atoms with E-state index in [0.29, 0.717) is 19.7 Å². The van der Waals surface area contributed by atoms with Crippen LogP contribution in [-0.4, -0.2) is 54.3 Å². The van der Waals surface area contributed by atoms with Crippen LogP contribution < -0.4 is 9.64 Å². The SMILES string of the molecule is Cc1n[nH]c(C)c1CCN(C)CC(=O)N1CCOc2ccccc21. The van der Waals surface area contributed by atoms with Crippen molar-refractivity contribution < 1.29 is 9.53 Å². The van der Waals surface area contributed by atoms with Gasteiger partial charge in [0, 0.05) is 12.2 Å². The minimum atomic E-state index is 0.105. The van der Waals surface area contributed by atoms with E-state index in [1.807, 2.05) is 50.1 Å². The number of hydrogen-bond acceptors (Lipinski definition) is 4. The number of anilines is 1. The summed E-state index contributed by atoms with van der Waals surface area (Å²) in [5.41, 5.74) is 4.25. The predicted octanol–water partition coefficient (Wildman–Crippen LogP) is 1.93. The average molecular weight is 328 g/mol. The number of aryl methyl sites for hydroxylation is 2. The lowest BCUT2D eigenvalue weighted by Gasteiger charge is -2.30. The van der Waals surface area contributed by atoms with Crippen LogP contribution in [0.2, 0.25) is 0 Å². The molecule has 128 valence electrons. The van der Waals surface area contributed by atoms with Crippen molar-refractivity contribution >= 4 is 11.6 Å². The van der Waals surface area contributed by atoms with Gasteiger partial charge in [0.05, 0.1) is 24.5 Å². The van der Waals surface area contributed by atoms with E-state index in [1.54, 1.807) is 0 Å². The molecule has 1 aromatic carbocycles. The summed E-state index contributed by atoms with van der Waals surface area (Å²) in [6, 6.07) is 7.70. The number of amides is 1. The third-order valence-corrected chi connectivity index (χ3v) is 4.46. The van der Waals surface area contributed by atoms with Crippen LogP contribution in [0.5, 0.6) is 5.75 Å². The molecule has 6 heteroatoms. The van der Waals surface area contributed by atoms with Gasteiger partial charge in [-0.2, -0.15) is 5.10 Å². The number of nitrogens with one attached hydrogen (secondary N) is 1. The number of hydrogen-bond donors (Lipinski definition) is 1. The molecular weight excluding hydrogens is 304 g/mol. The Morgan fingerprint density at radius 1 is 1.38 bits per heavy atom. The second kappa shape index (κ2) is 7.05. The van der Waals surface area contributed by atoms with Gasteiger partial charge in [-0.25, -0.2) is 0 Å². The average Bonchev–Trinajstić information content (AvgIpc) is 2.90. The first-order valence-corrected chi connectivity index (χ1v) is 8.27. The molecule has 1 amide bonds. The highest BCUT2D eigenvalue weighted by Crippen LogP contribution is 2.30. The highest BCUT2D eigenvalue weighted by molar-refractivity contribution is 5.96. The third-order valence-electron chi connectivity index (χ3n) is 4.46. The van der Waals surface area contributed by atoms with E-state index in [2.05, 4.69) is 15.1 Å². The van der Waals surface area contributed by atoms with E-state index >= 15 is 0 Å². The first kappa shape index (κ1) is 16.5. The lowest BCUT2D eigenvalue weighted by atomic mass is 10.1. The van der Waals surface area contributed by atoms with E-state index in [9.17, 15) is 4.79 Å². The molecule has 1 N–H and O–H groups in total. The van der Waals surface area contributed by atoms with E-state index < -0.39 is 0 Å². The van der Waals surface area contributed by atoms with E-state index in [1.165, 1.54) is 5.56 Å². The molecule has 0 saturated heterocycles. The Morgan fingerprint density at radius 2 is 2.17 bits per heavy atom. The summed E-state index contributed by atoms with van der Waals surface area (Å²) < 4.78 is 5.61. The van der Waals surface area contributed by atoms with Gasteiger partial charge in [0.15, 0.2) is 0 Å². The molecule has 0 radical (unpaired) electrons. The fraction of sp³-hybridized carbons (Fsp3) is 0.444. The Hall–Kier alpha value is -2.34. The summed E-state index contributed by atoms with van der Waals surface area (Å²) >= 11 is 0. The number of fused-ring (bicyclic) bond motifs is 1. The fourth-order valence-electron chi connectivity index (χ4n) is 3.07. The van der Waals surface area contributed by atoms with Crippen LogP contribution in [0.1, 0.15) is 17.0 Å². The van der Waals surface area contributed by atoms with Gasteiger partial charge in [0.2, 0.25) is 5.91 Å². The van der Waals surface area contributed by atoms with Crippen LogP contribution >= 0.6 is 0 Å². The molecule has 0 bridgehead atoms. The standard InChI is InChI=1S/C18H24N4O2/c1-13-15(14(2)20-19-13)8-9-21(3)12-18(23)22-10-11-24-17-7-5-4-6-16(17)22/h4-7H,8-12H2,1-3H3,(H,19,20). The summed E-state index contributed by atoms with van der Waals surface area (Å²) in [7, 11) is 1.98. The zero-order valence-corrected chi connectivity index (χ0v) is 14.5. The van der Waals surface area contributed by atoms with Crippen molar-refractivity contribution in [3.8, 4) is 5.75 Å². The zero-order valence-electron chi connectivity index (χ0n) is 14.5. The van der Waals surface area contributed by atoms with Crippen molar-refractivity contribution in [1.82, 2.24) is 15.1 Å². The lowest BCUT2D eigenvalue weighted by Crippen LogP contribution is -2.43. The maximum atomic E-state index is 12.7. The first-order valence-electron chi connectivity index (χ1n) is 8.27. The molecule has 2 heterocycles. The van der Waals surface area contributed by atoms with Crippen molar-refractivity contribution in [3.63, 3.8) is 0 Å². The number of carbonyl (C=O) groups excluding carboxylic acids is 1. The molecule has 3 rings (SSSR count). The molecule has 0 fully saturated rings. The minimum Gasteiger partial charge on any atom is -0.490 e. The normalized spacial score (nSPS) is 13.8. The number of aromatic amines is 1. The summed E-state index contributed by atoms with van der Waals surface area (Å²) in [5, 5.41) is 7.23. The number of para-hydroxylation sites is 2. The summed E-state index contributed by atoms with van der Waals surface area (Å²) in [5.74, 6) is 0.887. The van der Waals surface area contributed by atoms with Gasteiger partial charge in [-0.3, -0.25) is 14.8 Å². The highest BCUT2D eigenvalue weighted by atomic mass is 16.5. The molecule has 1 aromatic heterocycles. The molecule has 6 nitrogen and oxygen atoms in total. The number of ether oxygens (including phenoxy) is 1. The van der Waals surface area contributed by atoms with Gasteiger partial charge in [-0.15, -0.1) is 0 Å². The molecule has 0 atom stereocenters. The van der Waals surface area contributed by atoms with Crippen LogP contribution in [0.15, 0.2) is 24.3 Å². The maximum absolute atomic E-state index is 12.7. The Balaban J connectivity index is 1.59. The number of H-pyrrole nitrogens is 1. The minimum absolute atomic E-state index is 0.105.